The standard InChI is InChI=1S/C23H15ClF3NO3/c24-13-6-9-19(30)16(11-13)20-15-2-1-3-18(23(25,26)27)21(15)28-22(31)17(20)10-12-4-7-14(29)8-5-12/h1-9,11,29-30H,10H2,(H,28,31). The summed E-state index contributed by atoms with van der Waals surface area (Å²) in [7, 11) is 0. The highest BCUT2D eigenvalue weighted by Gasteiger charge is 2.34. The molecule has 1 heterocycles. The van der Waals surface area contributed by atoms with Gasteiger partial charge in [0.1, 0.15) is 11.5 Å². The van der Waals surface area contributed by atoms with Gasteiger partial charge in [0.2, 0.25) is 0 Å². The largest absolute Gasteiger partial charge is 0.508 e. The highest BCUT2D eigenvalue weighted by Crippen LogP contribution is 2.41. The molecular weight excluding hydrogens is 431 g/mol. The van der Waals surface area contributed by atoms with Gasteiger partial charge in [-0.05, 0) is 42.0 Å². The molecule has 0 atom stereocenters. The Balaban J connectivity index is 2.09. The van der Waals surface area contributed by atoms with E-state index in [9.17, 15) is 28.2 Å². The highest BCUT2D eigenvalue weighted by molar-refractivity contribution is 6.31. The van der Waals surface area contributed by atoms with Gasteiger partial charge in [-0.3, -0.25) is 4.79 Å². The Labute approximate surface area is 179 Å². The van der Waals surface area contributed by atoms with Crippen molar-refractivity contribution in [1.29, 1.82) is 0 Å². The van der Waals surface area contributed by atoms with Gasteiger partial charge in [-0.25, -0.2) is 0 Å². The monoisotopic (exact) mass is 445 g/mol. The van der Waals surface area contributed by atoms with Crippen molar-refractivity contribution in [3.8, 4) is 22.6 Å². The van der Waals surface area contributed by atoms with Gasteiger partial charge in [0, 0.05) is 33.5 Å². The number of nitrogens with one attached hydrogen (secondary N) is 1. The normalized spacial score (nSPS) is 11.7. The lowest BCUT2D eigenvalue weighted by Crippen LogP contribution is -2.18. The predicted molar refractivity (Wildman–Crippen MR) is 113 cm³/mol. The molecule has 4 rings (SSSR count). The molecule has 0 saturated heterocycles. The second kappa shape index (κ2) is 7.67. The van der Waals surface area contributed by atoms with Crippen LogP contribution in [0.1, 0.15) is 16.7 Å². The average Bonchev–Trinajstić information content (AvgIpc) is 2.71. The first kappa shape index (κ1) is 20.8. The number of phenols is 2. The van der Waals surface area contributed by atoms with Gasteiger partial charge in [-0.15, -0.1) is 0 Å². The molecule has 0 bridgehead atoms. The van der Waals surface area contributed by atoms with E-state index in [1.807, 2.05) is 0 Å². The maximum atomic E-state index is 13.6. The Morgan fingerprint density at radius 1 is 0.968 bits per heavy atom. The van der Waals surface area contributed by atoms with Crippen LogP contribution in [0.15, 0.2) is 65.5 Å². The molecule has 1 aromatic heterocycles. The fraction of sp³-hybridized carbons (Fsp3) is 0.0870. The Hall–Kier alpha value is -3.45. The van der Waals surface area contributed by atoms with Crippen molar-refractivity contribution in [1.82, 2.24) is 4.98 Å². The van der Waals surface area contributed by atoms with Gasteiger partial charge >= 0.3 is 6.18 Å². The maximum absolute atomic E-state index is 13.6. The Kier molecular flexibility index (Phi) is 5.15. The van der Waals surface area contributed by atoms with Crippen molar-refractivity contribution in [2.45, 2.75) is 12.6 Å². The zero-order chi connectivity index (χ0) is 22.3. The third-order valence-corrected chi connectivity index (χ3v) is 5.23. The van der Waals surface area contributed by atoms with Crippen LogP contribution < -0.4 is 5.56 Å². The fourth-order valence-electron chi connectivity index (χ4n) is 3.60. The van der Waals surface area contributed by atoms with Crippen LogP contribution in [0.2, 0.25) is 5.02 Å². The number of aromatic hydroxyl groups is 2. The Morgan fingerprint density at radius 2 is 1.68 bits per heavy atom. The molecule has 0 spiro atoms. The minimum Gasteiger partial charge on any atom is -0.508 e. The molecule has 31 heavy (non-hydrogen) atoms. The van der Waals surface area contributed by atoms with Crippen molar-refractivity contribution >= 4 is 22.5 Å². The first-order valence-electron chi connectivity index (χ1n) is 9.17. The maximum Gasteiger partial charge on any atom is 0.418 e. The molecule has 0 aliphatic rings. The molecule has 4 nitrogen and oxygen atoms in total. The Bertz CT molecular complexity index is 1350. The number of aromatic amines is 1. The van der Waals surface area contributed by atoms with Crippen LogP contribution in [0.3, 0.4) is 0 Å². The van der Waals surface area contributed by atoms with E-state index < -0.39 is 17.3 Å². The van der Waals surface area contributed by atoms with Crippen molar-refractivity contribution in [3.05, 3.63) is 92.7 Å². The second-order valence-electron chi connectivity index (χ2n) is 7.04. The third-order valence-electron chi connectivity index (χ3n) is 5.00. The summed E-state index contributed by atoms with van der Waals surface area (Å²) in [4.78, 5) is 15.4. The Morgan fingerprint density at radius 3 is 2.35 bits per heavy atom. The first-order chi connectivity index (χ1) is 14.6. The number of aromatic nitrogens is 1. The fourth-order valence-corrected chi connectivity index (χ4v) is 3.77. The van der Waals surface area contributed by atoms with Crippen molar-refractivity contribution < 1.29 is 23.4 Å². The van der Waals surface area contributed by atoms with E-state index in [0.717, 1.165) is 6.07 Å². The van der Waals surface area contributed by atoms with E-state index in [4.69, 9.17) is 11.6 Å². The SMILES string of the molecule is O=c1[nH]c2c(C(F)(F)F)cccc2c(-c2cc(Cl)ccc2O)c1Cc1ccc(O)cc1. The van der Waals surface area contributed by atoms with E-state index >= 15 is 0 Å². The average molecular weight is 446 g/mol. The summed E-state index contributed by atoms with van der Waals surface area (Å²) in [6, 6.07) is 13.9. The lowest BCUT2D eigenvalue weighted by molar-refractivity contribution is -0.136. The molecule has 0 fully saturated rings. The summed E-state index contributed by atoms with van der Waals surface area (Å²) in [5.74, 6) is -0.181. The van der Waals surface area contributed by atoms with Gasteiger partial charge in [0.25, 0.3) is 5.56 Å². The van der Waals surface area contributed by atoms with Gasteiger partial charge < -0.3 is 15.2 Å². The van der Waals surface area contributed by atoms with Crippen LogP contribution in [0.25, 0.3) is 22.0 Å². The summed E-state index contributed by atoms with van der Waals surface area (Å²) < 4.78 is 40.8. The van der Waals surface area contributed by atoms with Gasteiger partial charge in [0.05, 0.1) is 11.1 Å². The number of halogens is 4. The van der Waals surface area contributed by atoms with E-state index in [0.29, 0.717) is 5.56 Å². The summed E-state index contributed by atoms with van der Waals surface area (Å²) in [5.41, 5.74) is -0.946. The number of H-pyrrole nitrogens is 1. The third kappa shape index (κ3) is 3.96. The van der Waals surface area contributed by atoms with E-state index in [2.05, 4.69) is 4.98 Å². The first-order valence-corrected chi connectivity index (χ1v) is 9.55. The van der Waals surface area contributed by atoms with Gasteiger partial charge in [0.15, 0.2) is 0 Å². The molecule has 0 saturated carbocycles. The summed E-state index contributed by atoms with van der Waals surface area (Å²) in [6.45, 7) is 0. The molecule has 0 unspecified atom stereocenters. The number of alkyl halides is 3. The highest BCUT2D eigenvalue weighted by atomic mass is 35.5. The number of phenolic OH excluding ortho intramolecular Hbond substituents is 2. The molecule has 4 aromatic rings. The van der Waals surface area contributed by atoms with Crippen LogP contribution in [-0.2, 0) is 12.6 Å². The lowest BCUT2D eigenvalue weighted by Gasteiger charge is -2.17. The topological polar surface area (TPSA) is 73.3 Å². The smallest absolute Gasteiger partial charge is 0.418 e. The number of pyridine rings is 1. The molecular formula is C23H15ClF3NO3. The number of hydrogen-bond donors (Lipinski definition) is 3. The van der Waals surface area contributed by atoms with Crippen LogP contribution in [0.5, 0.6) is 11.5 Å². The number of benzene rings is 3. The molecule has 158 valence electrons. The van der Waals surface area contributed by atoms with E-state index in [-0.39, 0.29) is 50.5 Å². The van der Waals surface area contributed by atoms with Gasteiger partial charge in [-0.2, -0.15) is 13.2 Å². The summed E-state index contributed by atoms with van der Waals surface area (Å²) >= 11 is 6.09. The van der Waals surface area contributed by atoms with Crippen molar-refractivity contribution in [2.24, 2.45) is 0 Å². The zero-order valence-corrected chi connectivity index (χ0v) is 16.6. The molecule has 8 heteroatoms. The number of para-hydroxylation sites is 1. The van der Waals surface area contributed by atoms with Crippen molar-refractivity contribution in [3.63, 3.8) is 0 Å². The van der Waals surface area contributed by atoms with Gasteiger partial charge in [-0.1, -0.05) is 35.9 Å². The molecule has 0 amide bonds. The van der Waals surface area contributed by atoms with Crippen molar-refractivity contribution in [2.75, 3.05) is 0 Å². The van der Waals surface area contributed by atoms with Crippen LogP contribution in [0, 0.1) is 0 Å². The minimum absolute atomic E-state index is 0.0405. The molecule has 3 N–H and O–H groups in total. The van der Waals surface area contributed by atoms with Crippen LogP contribution in [0.4, 0.5) is 13.2 Å². The molecule has 3 aromatic carbocycles. The molecule has 0 radical (unpaired) electrons. The van der Waals surface area contributed by atoms with E-state index in [1.165, 1.54) is 42.5 Å². The second-order valence-corrected chi connectivity index (χ2v) is 7.47. The number of fused-ring (bicyclic) bond motifs is 1. The zero-order valence-electron chi connectivity index (χ0n) is 15.8. The van der Waals surface area contributed by atoms with Crippen LogP contribution >= 0.6 is 11.6 Å². The number of hydrogen-bond acceptors (Lipinski definition) is 3. The lowest BCUT2D eigenvalue weighted by atomic mass is 9.91. The number of rotatable bonds is 3. The quantitative estimate of drug-likeness (QED) is 0.369. The molecule has 0 aliphatic carbocycles. The molecule has 0 aliphatic heterocycles. The minimum atomic E-state index is -4.69. The van der Waals surface area contributed by atoms with E-state index in [1.54, 1.807) is 12.1 Å². The summed E-state index contributed by atoms with van der Waals surface area (Å²) in [6.07, 6.45) is -4.63. The predicted octanol–water partition coefficient (Wildman–Crippen LogP) is 5.87. The summed E-state index contributed by atoms with van der Waals surface area (Å²) in [5, 5.41) is 20.4. The van der Waals surface area contributed by atoms with Crippen LogP contribution in [-0.4, -0.2) is 15.2 Å².